The van der Waals surface area contributed by atoms with E-state index in [-0.39, 0.29) is 5.97 Å². The molecule has 0 saturated carbocycles. The van der Waals surface area contributed by atoms with Crippen molar-refractivity contribution in [3.8, 4) is 11.5 Å². The fourth-order valence-corrected chi connectivity index (χ4v) is 1.79. The lowest BCUT2D eigenvalue weighted by atomic mass is 10.0. The highest BCUT2D eigenvalue weighted by molar-refractivity contribution is 5.75. The number of ether oxygens (including phenoxy) is 3. The molecule has 1 aromatic rings. The molecule has 0 spiro atoms. The van der Waals surface area contributed by atoms with Gasteiger partial charge in [0.1, 0.15) is 11.5 Å². The topological polar surface area (TPSA) is 44.8 Å². The maximum absolute atomic E-state index is 11.3. The molecule has 0 N–H and O–H groups in total. The van der Waals surface area contributed by atoms with Crippen LogP contribution in [0.4, 0.5) is 0 Å². The Balaban J connectivity index is 2.18. The zero-order valence-corrected chi connectivity index (χ0v) is 9.36. The Morgan fingerprint density at radius 3 is 2.94 bits per heavy atom. The van der Waals surface area contributed by atoms with E-state index in [0.717, 1.165) is 23.5 Å². The summed E-state index contributed by atoms with van der Waals surface area (Å²) >= 11 is 0. The number of hydrogen-bond donors (Lipinski definition) is 0. The van der Waals surface area contributed by atoms with E-state index >= 15 is 0 Å². The highest BCUT2D eigenvalue weighted by Crippen LogP contribution is 2.31. The van der Waals surface area contributed by atoms with Gasteiger partial charge in [-0.3, -0.25) is 0 Å². The Kier molecular flexibility index (Phi) is 2.99. The molecule has 1 aromatic carbocycles. The van der Waals surface area contributed by atoms with Crippen LogP contribution in [0.25, 0.3) is 0 Å². The van der Waals surface area contributed by atoms with Crippen LogP contribution in [-0.2, 0) is 16.0 Å². The van der Waals surface area contributed by atoms with Crippen LogP contribution in [0.2, 0.25) is 0 Å². The first-order valence-electron chi connectivity index (χ1n) is 5.16. The van der Waals surface area contributed by atoms with Crippen molar-refractivity contribution in [1.29, 1.82) is 0 Å². The molecule has 0 unspecified atom stereocenters. The van der Waals surface area contributed by atoms with Crippen molar-refractivity contribution in [2.24, 2.45) is 0 Å². The number of esters is 1. The molecule has 4 heteroatoms. The summed E-state index contributed by atoms with van der Waals surface area (Å²) < 4.78 is 15.3. The number of methoxy groups -OCH3 is 2. The van der Waals surface area contributed by atoms with Crippen molar-refractivity contribution in [2.45, 2.75) is 18.9 Å². The van der Waals surface area contributed by atoms with E-state index in [9.17, 15) is 4.79 Å². The Bertz CT molecular complexity index is 400. The summed E-state index contributed by atoms with van der Waals surface area (Å²) in [6, 6.07) is 5.57. The first-order valence-corrected chi connectivity index (χ1v) is 5.16. The molecule has 1 heterocycles. The maximum Gasteiger partial charge on any atom is 0.347 e. The summed E-state index contributed by atoms with van der Waals surface area (Å²) in [7, 11) is 3.00. The van der Waals surface area contributed by atoms with E-state index in [1.807, 2.05) is 18.2 Å². The van der Waals surface area contributed by atoms with E-state index in [1.165, 1.54) is 7.11 Å². The lowest BCUT2D eigenvalue weighted by molar-refractivity contribution is -0.149. The standard InChI is InChI=1S/C12H14O4/c1-14-9-4-6-10-8(7-9)3-5-11(16-10)12(13)15-2/h4,6-7,11H,3,5H2,1-2H3/t11-/m1/s1. The summed E-state index contributed by atoms with van der Waals surface area (Å²) in [5, 5.41) is 0. The fraction of sp³-hybridized carbons (Fsp3) is 0.417. The second-order valence-corrected chi connectivity index (χ2v) is 3.64. The number of carbonyl (C=O) groups is 1. The number of fused-ring (bicyclic) bond motifs is 1. The summed E-state index contributed by atoms with van der Waals surface area (Å²) in [5.41, 5.74) is 1.07. The van der Waals surface area contributed by atoms with E-state index in [0.29, 0.717) is 6.42 Å². The molecule has 1 aliphatic heterocycles. The summed E-state index contributed by atoms with van der Waals surface area (Å²) in [6.07, 6.45) is 0.963. The zero-order valence-electron chi connectivity index (χ0n) is 9.36. The molecule has 0 aromatic heterocycles. The second-order valence-electron chi connectivity index (χ2n) is 3.64. The van der Waals surface area contributed by atoms with Gasteiger partial charge in [-0.2, -0.15) is 0 Å². The molecule has 2 rings (SSSR count). The molecular formula is C12H14O4. The molecule has 0 fully saturated rings. The number of carbonyl (C=O) groups excluding carboxylic acids is 1. The molecule has 4 nitrogen and oxygen atoms in total. The van der Waals surface area contributed by atoms with Crippen molar-refractivity contribution >= 4 is 5.97 Å². The van der Waals surface area contributed by atoms with Crippen LogP contribution in [-0.4, -0.2) is 26.3 Å². The van der Waals surface area contributed by atoms with Crippen molar-refractivity contribution in [2.75, 3.05) is 14.2 Å². The molecule has 0 aliphatic carbocycles. The third-order valence-electron chi connectivity index (χ3n) is 2.68. The molecule has 86 valence electrons. The first kappa shape index (κ1) is 10.8. The highest BCUT2D eigenvalue weighted by atomic mass is 16.6. The van der Waals surface area contributed by atoms with Gasteiger partial charge in [0.2, 0.25) is 0 Å². The van der Waals surface area contributed by atoms with Gasteiger partial charge >= 0.3 is 5.97 Å². The number of hydrogen-bond acceptors (Lipinski definition) is 4. The van der Waals surface area contributed by atoms with Crippen LogP contribution >= 0.6 is 0 Å². The second kappa shape index (κ2) is 4.43. The average molecular weight is 222 g/mol. The van der Waals surface area contributed by atoms with Crippen LogP contribution in [0.5, 0.6) is 11.5 Å². The lowest BCUT2D eigenvalue weighted by Gasteiger charge is -2.24. The van der Waals surface area contributed by atoms with Gasteiger partial charge in [0.15, 0.2) is 6.10 Å². The Hall–Kier alpha value is -1.71. The van der Waals surface area contributed by atoms with Gasteiger partial charge in [0.25, 0.3) is 0 Å². The zero-order chi connectivity index (χ0) is 11.5. The van der Waals surface area contributed by atoms with Crippen LogP contribution in [0.15, 0.2) is 18.2 Å². The highest BCUT2D eigenvalue weighted by Gasteiger charge is 2.26. The quantitative estimate of drug-likeness (QED) is 0.712. The monoisotopic (exact) mass is 222 g/mol. The predicted octanol–water partition coefficient (Wildman–Crippen LogP) is 1.56. The Morgan fingerprint density at radius 1 is 1.44 bits per heavy atom. The first-order chi connectivity index (χ1) is 7.74. The van der Waals surface area contributed by atoms with Crippen LogP contribution < -0.4 is 9.47 Å². The SMILES string of the molecule is COC(=O)[C@H]1CCc2cc(OC)ccc2O1. The van der Waals surface area contributed by atoms with Gasteiger partial charge in [-0.05, 0) is 36.6 Å². The van der Waals surface area contributed by atoms with Crippen LogP contribution in [0.3, 0.4) is 0 Å². The third kappa shape index (κ3) is 1.96. The van der Waals surface area contributed by atoms with Crippen molar-refractivity contribution in [1.82, 2.24) is 0 Å². The van der Waals surface area contributed by atoms with Gasteiger partial charge in [0.05, 0.1) is 14.2 Å². The normalized spacial score (nSPS) is 18.2. The van der Waals surface area contributed by atoms with E-state index in [4.69, 9.17) is 9.47 Å². The van der Waals surface area contributed by atoms with Crippen molar-refractivity contribution in [3.63, 3.8) is 0 Å². The van der Waals surface area contributed by atoms with E-state index in [1.54, 1.807) is 7.11 Å². The molecule has 0 amide bonds. The maximum atomic E-state index is 11.3. The van der Waals surface area contributed by atoms with Gasteiger partial charge < -0.3 is 14.2 Å². The Morgan fingerprint density at radius 2 is 2.25 bits per heavy atom. The van der Waals surface area contributed by atoms with Crippen molar-refractivity contribution in [3.05, 3.63) is 23.8 Å². The number of benzene rings is 1. The van der Waals surface area contributed by atoms with Crippen LogP contribution in [0.1, 0.15) is 12.0 Å². The van der Waals surface area contributed by atoms with Crippen molar-refractivity contribution < 1.29 is 19.0 Å². The van der Waals surface area contributed by atoms with E-state index < -0.39 is 6.10 Å². The van der Waals surface area contributed by atoms with E-state index in [2.05, 4.69) is 4.74 Å². The Labute approximate surface area is 94.1 Å². The number of rotatable bonds is 2. The van der Waals surface area contributed by atoms with Gasteiger partial charge in [-0.25, -0.2) is 4.79 Å². The van der Waals surface area contributed by atoms with Gasteiger partial charge in [-0.1, -0.05) is 0 Å². The molecule has 1 atom stereocenters. The minimum Gasteiger partial charge on any atom is -0.497 e. The van der Waals surface area contributed by atoms with Gasteiger partial charge in [-0.15, -0.1) is 0 Å². The average Bonchev–Trinajstić information content (AvgIpc) is 2.36. The smallest absolute Gasteiger partial charge is 0.347 e. The number of aryl methyl sites for hydroxylation is 1. The molecule has 16 heavy (non-hydrogen) atoms. The minimum atomic E-state index is -0.481. The largest absolute Gasteiger partial charge is 0.497 e. The predicted molar refractivity (Wildman–Crippen MR) is 57.7 cm³/mol. The third-order valence-corrected chi connectivity index (χ3v) is 2.68. The summed E-state index contributed by atoms with van der Waals surface area (Å²) in [4.78, 5) is 11.3. The molecule has 0 bridgehead atoms. The van der Waals surface area contributed by atoms with Crippen LogP contribution in [0, 0.1) is 0 Å². The minimum absolute atomic E-state index is 0.318. The lowest BCUT2D eigenvalue weighted by Crippen LogP contribution is -2.32. The molecule has 1 aliphatic rings. The molecule has 0 radical (unpaired) electrons. The molecule has 0 saturated heterocycles. The summed E-state index contributed by atoms with van der Waals surface area (Å²) in [5.74, 6) is 1.22. The molecular weight excluding hydrogens is 208 g/mol. The fourth-order valence-electron chi connectivity index (χ4n) is 1.79. The van der Waals surface area contributed by atoms with Gasteiger partial charge in [0, 0.05) is 0 Å². The summed E-state index contributed by atoms with van der Waals surface area (Å²) in [6.45, 7) is 0.